The van der Waals surface area contributed by atoms with Gasteiger partial charge in [0, 0.05) is 29.2 Å². The number of pyridine rings is 1. The Morgan fingerprint density at radius 2 is 2.18 bits per heavy atom. The van der Waals surface area contributed by atoms with Gasteiger partial charge in [-0.15, -0.1) is 0 Å². The van der Waals surface area contributed by atoms with Crippen molar-refractivity contribution in [2.24, 2.45) is 0 Å². The Morgan fingerprint density at radius 3 is 2.94 bits per heavy atom. The SMILES string of the molecule is COC(=O)CCc1ccc(Cl)c2cnccc12. The third-order valence-electron chi connectivity index (χ3n) is 2.68. The summed E-state index contributed by atoms with van der Waals surface area (Å²) < 4.78 is 4.63. The Bertz CT molecular complexity index is 554. The molecule has 0 aliphatic heterocycles. The van der Waals surface area contributed by atoms with Crippen LogP contribution in [0.1, 0.15) is 12.0 Å². The summed E-state index contributed by atoms with van der Waals surface area (Å²) in [6.45, 7) is 0. The van der Waals surface area contributed by atoms with E-state index < -0.39 is 0 Å². The highest BCUT2D eigenvalue weighted by Crippen LogP contribution is 2.26. The van der Waals surface area contributed by atoms with Gasteiger partial charge in [-0.3, -0.25) is 9.78 Å². The summed E-state index contributed by atoms with van der Waals surface area (Å²) in [5.41, 5.74) is 1.08. The Kier molecular flexibility index (Phi) is 3.59. The van der Waals surface area contributed by atoms with Crippen LogP contribution in [-0.4, -0.2) is 18.1 Å². The van der Waals surface area contributed by atoms with E-state index in [1.165, 1.54) is 7.11 Å². The number of halogens is 1. The van der Waals surface area contributed by atoms with Gasteiger partial charge in [0.05, 0.1) is 7.11 Å². The smallest absolute Gasteiger partial charge is 0.305 e. The summed E-state index contributed by atoms with van der Waals surface area (Å²) in [6.07, 6.45) is 4.47. The first-order valence-electron chi connectivity index (χ1n) is 5.30. The number of rotatable bonds is 3. The van der Waals surface area contributed by atoms with Crippen molar-refractivity contribution in [3.05, 3.63) is 41.2 Å². The fourth-order valence-electron chi connectivity index (χ4n) is 1.77. The van der Waals surface area contributed by atoms with E-state index in [0.29, 0.717) is 17.9 Å². The zero-order valence-corrected chi connectivity index (χ0v) is 10.2. The molecule has 0 spiro atoms. The number of aromatic nitrogens is 1. The monoisotopic (exact) mass is 249 g/mol. The standard InChI is InChI=1S/C13H12ClNO2/c1-17-13(16)5-3-9-2-4-12(14)11-8-15-7-6-10(9)11/h2,4,6-8H,3,5H2,1H3. The lowest BCUT2D eigenvalue weighted by molar-refractivity contribution is -0.140. The number of hydrogen-bond donors (Lipinski definition) is 0. The second-order valence-electron chi connectivity index (χ2n) is 3.70. The van der Waals surface area contributed by atoms with Crippen LogP contribution in [0.3, 0.4) is 0 Å². The highest BCUT2D eigenvalue weighted by Gasteiger charge is 2.07. The lowest BCUT2D eigenvalue weighted by Crippen LogP contribution is -2.02. The van der Waals surface area contributed by atoms with Crippen LogP contribution < -0.4 is 0 Å². The molecule has 0 radical (unpaired) electrons. The minimum absolute atomic E-state index is 0.206. The predicted molar refractivity (Wildman–Crippen MR) is 67.1 cm³/mol. The van der Waals surface area contributed by atoms with Crippen molar-refractivity contribution in [2.75, 3.05) is 7.11 Å². The van der Waals surface area contributed by atoms with Crippen LogP contribution in [0.4, 0.5) is 0 Å². The molecular weight excluding hydrogens is 238 g/mol. The number of aryl methyl sites for hydroxylation is 1. The maximum atomic E-state index is 11.1. The molecule has 0 fully saturated rings. The molecule has 0 atom stereocenters. The number of fused-ring (bicyclic) bond motifs is 1. The van der Waals surface area contributed by atoms with Gasteiger partial charge in [0.15, 0.2) is 0 Å². The molecule has 0 saturated carbocycles. The fourth-order valence-corrected chi connectivity index (χ4v) is 1.99. The van der Waals surface area contributed by atoms with Gasteiger partial charge < -0.3 is 4.74 Å². The van der Waals surface area contributed by atoms with Gasteiger partial charge in [0.1, 0.15) is 0 Å². The fraction of sp³-hybridized carbons (Fsp3) is 0.231. The van der Waals surface area contributed by atoms with Crippen molar-refractivity contribution in [2.45, 2.75) is 12.8 Å². The Labute approximate surface area is 104 Å². The number of ether oxygens (including phenoxy) is 1. The van der Waals surface area contributed by atoms with E-state index in [0.717, 1.165) is 16.3 Å². The Morgan fingerprint density at radius 1 is 1.35 bits per heavy atom. The number of carbonyl (C=O) groups is 1. The molecule has 0 amide bonds. The molecule has 0 unspecified atom stereocenters. The van der Waals surface area contributed by atoms with Gasteiger partial charge in [0.25, 0.3) is 0 Å². The average Bonchev–Trinajstić information content (AvgIpc) is 2.38. The molecule has 1 aromatic carbocycles. The van der Waals surface area contributed by atoms with Crippen molar-refractivity contribution < 1.29 is 9.53 Å². The molecule has 0 aliphatic carbocycles. The van der Waals surface area contributed by atoms with E-state index in [-0.39, 0.29) is 5.97 Å². The molecule has 0 bridgehead atoms. The second-order valence-corrected chi connectivity index (χ2v) is 4.11. The third kappa shape index (κ3) is 2.56. The zero-order valence-electron chi connectivity index (χ0n) is 9.44. The minimum Gasteiger partial charge on any atom is -0.469 e. The highest BCUT2D eigenvalue weighted by molar-refractivity contribution is 6.35. The van der Waals surface area contributed by atoms with Crippen LogP contribution >= 0.6 is 11.6 Å². The van der Waals surface area contributed by atoms with E-state index >= 15 is 0 Å². The normalized spacial score (nSPS) is 10.5. The molecule has 4 heteroatoms. The number of esters is 1. The topological polar surface area (TPSA) is 39.2 Å². The molecule has 3 nitrogen and oxygen atoms in total. The van der Waals surface area contributed by atoms with Crippen LogP contribution in [0.2, 0.25) is 5.02 Å². The molecule has 0 saturated heterocycles. The summed E-state index contributed by atoms with van der Waals surface area (Å²) in [5, 5.41) is 2.63. The molecule has 88 valence electrons. The van der Waals surface area contributed by atoms with Gasteiger partial charge in [-0.2, -0.15) is 0 Å². The number of carbonyl (C=O) groups excluding carboxylic acids is 1. The van der Waals surface area contributed by atoms with Crippen molar-refractivity contribution in [1.82, 2.24) is 4.98 Å². The molecule has 0 N–H and O–H groups in total. The van der Waals surface area contributed by atoms with E-state index in [1.807, 2.05) is 18.2 Å². The lowest BCUT2D eigenvalue weighted by atomic mass is 10.0. The van der Waals surface area contributed by atoms with Gasteiger partial charge in [0.2, 0.25) is 0 Å². The van der Waals surface area contributed by atoms with Crippen LogP contribution in [0, 0.1) is 0 Å². The van der Waals surface area contributed by atoms with E-state index in [4.69, 9.17) is 11.6 Å². The highest BCUT2D eigenvalue weighted by atomic mass is 35.5. The van der Waals surface area contributed by atoms with Gasteiger partial charge in [-0.1, -0.05) is 17.7 Å². The first-order chi connectivity index (χ1) is 8.22. The Balaban J connectivity index is 2.35. The molecule has 2 rings (SSSR count). The maximum Gasteiger partial charge on any atom is 0.305 e. The Hall–Kier alpha value is -1.61. The summed E-state index contributed by atoms with van der Waals surface area (Å²) in [5.74, 6) is -0.206. The minimum atomic E-state index is -0.206. The summed E-state index contributed by atoms with van der Waals surface area (Å²) >= 11 is 6.09. The summed E-state index contributed by atoms with van der Waals surface area (Å²) in [4.78, 5) is 15.2. The summed E-state index contributed by atoms with van der Waals surface area (Å²) in [7, 11) is 1.40. The summed E-state index contributed by atoms with van der Waals surface area (Å²) in [6, 6.07) is 5.68. The van der Waals surface area contributed by atoms with Crippen LogP contribution in [0.15, 0.2) is 30.6 Å². The second kappa shape index (κ2) is 5.15. The zero-order chi connectivity index (χ0) is 12.3. The van der Waals surface area contributed by atoms with E-state index in [9.17, 15) is 4.79 Å². The van der Waals surface area contributed by atoms with Gasteiger partial charge in [-0.25, -0.2) is 0 Å². The van der Waals surface area contributed by atoms with E-state index in [1.54, 1.807) is 12.4 Å². The van der Waals surface area contributed by atoms with Crippen LogP contribution in [0.5, 0.6) is 0 Å². The molecule has 2 aromatic rings. The molecule has 0 aliphatic rings. The molecule has 17 heavy (non-hydrogen) atoms. The average molecular weight is 250 g/mol. The quantitative estimate of drug-likeness (QED) is 0.785. The number of nitrogens with zero attached hydrogens (tertiary/aromatic N) is 1. The van der Waals surface area contributed by atoms with Crippen molar-refractivity contribution in [1.29, 1.82) is 0 Å². The number of methoxy groups -OCH3 is 1. The van der Waals surface area contributed by atoms with E-state index in [2.05, 4.69) is 9.72 Å². The van der Waals surface area contributed by atoms with Crippen LogP contribution in [0.25, 0.3) is 10.8 Å². The van der Waals surface area contributed by atoms with Gasteiger partial charge in [-0.05, 0) is 29.5 Å². The lowest BCUT2D eigenvalue weighted by Gasteiger charge is -2.06. The third-order valence-corrected chi connectivity index (χ3v) is 3.01. The molecule has 1 aromatic heterocycles. The number of hydrogen-bond acceptors (Lipinski definition) is 3. The van der Waals surface area contributed by atoms with Crippen molar-refractivity contribution in [3.8, 4) is 0 Å². The molecule has 1 heterocycles. The molecular formula is C13H12ClNO2. The van der Waals surface area contributed by atoms with Crippen LogP contribution in [-0.2, 0) is 16.0 Å². The van der Waals surface area contributed by atoms with Crippen molar-refractivity contribution in [3.63, 3.8) is 0 Å². The van der Waals surface area contributed by atoms with Gasteiger partial charge >= 0.3 is 5.97 Å². The van der Waals surface area contributed by atoms with Crippen molar-refractivity contribution >= 4 is 28.3 Å². The predicted octanol–water partition coefficient (Wildman–Crippen LogP) is 2.99. The maximum absolute atomic E-state index is 11.1. The largest absolute Gasteiger partial charge is 0.469 e. The number of benzene rings is 1. The first-order valence-corrected chi connectivity index (χ1v) is 5.68. The first kappa shape index (κ1) is 11.9.